The van der Waals surface area contributed by atoms with Crippen LogP contribution in [0.1, 0.15) is 23.6 Å². The second-order valence-corrected chi connectivity index (χ2v) is 13.4. The predicted molar refractivity (Wildman–Crippen MR) is 178 cm³/mol. The molecule has 0 aliphatic rings. The van der Waals surface area contributed by atoms with E-state index in [0.29, 0.717) is 37.1 Å². The van der Waals surface area contributed by atoms with Gasteiger partial charge in [-0.2, -0.15) is 0 Å². The van der Waals surface area contributed by atoms with Crippen LogP contribution < -0.4 is 14.2 Å². The maximum atomic E-state index is 5.89. The van der Waals surface area contributed by atoms with Crippen LogP contribution in [-0.4, -0.2) is 19.8 Å². The van der Waals surface area contributed by atoms with Gasteiger partial charge in [-0.05, 0) is 156 Å². The largest absolute Gasteiger partial charge is 0.487 e. The Morgan fingerprint density at radius 2 is 0.737 bits per heavy atom. The zero-order valence-corrected chi connectivity index (χ0v) is 29.9. The Morgan fingerprint density at radius 1 is 0.526 bits per heavy atom. The Labute approximate surface area is 274 Å². The van der Waals surface area contributed by atoms with Gasteiger partial charge in [0.05, 0.1) is 26.8 Å². The molecule has 0 radical (unpaired) electrons. The van der Waals surface area contributed by atoms with E-state index in [4.69, 9.17) is 14.2 Å². The van der Waals surface area contributed by atoms with E-state index in [1.54, 1.807) is 18.2 Å². The van der Waals surface area contributed by atoms with Crippen molar-refractivity contribution in [2.45, 2.75) is 12.3 Å². The van der Waals surface area contributed by atoms with Gasteiger partial charge in [0.25, 0.3) is 0 Å². The topological polar surface area (TPSA) is 27.7 Å². The molecule has 0 bridgehead atoms. The molecule has 0 amide bonds. The van der Waals surface area contributed by atoms with E-state index in [1.165, 1.54) is 0 Å². The van der Waals surface area contributed by atoms with Gasteiger partial charge in [0.15, 0.2) is 0 Å². The fraction of sp³-hybridized carbons (Fsp3) is 0.172. The van der Waals surface area contributed by atoms with Gasteiger partial charge in [-0.1, -0.05) is 38.0 Å². The summed E-state index contributed by atoms with van der Waals surface area (Å²) in [5, 5.41) is 0. The van der Waals surface area contributed by atoms with Gasteiger partial charge in [-0.3, -0.25) is 0 Å². The second-order valence-electron chi connectivity index (χ2n) is 8.23. The average molecular weight is 900 g/mol. The van der Waals surface area contributed by atoms with Crippen LogP contribution in [0.25, 0.3) is 0 Å². The molecule has 0 aliphatic heterocycles. The maximum Gasteiger partial charge on any atom is 0.148 e. The van der Waals surface area contributed by atoms with E-state index in [9.17, 15) is 0 Å². The normalized spacial score (nSPS) is 11.1. The minimum absolute atomic E-state index is 0.395. The SMILES string of the molecule is C=CCOc1c(Br)cc(C(C)(c2cc(Br)c(OCC=C)c(Br)c2)c2cc(Br)c(OCC=C)c(Br)c2)cc1Br. The number of hydrogen-bond acceptors (Lipinski definition) is 3. The Hall–Kier alpha value is -0.840. The van der Waals surface area contributed by atoms with Gasteiger partial charge in [-0.25, -0.2) is 0 Å². The molecule has 0 aromatic heterocycles. The van der Waals surface area contributed by atoms with E-state index in [1.807, 2.05) is 0 Å². The smallest absolute Gasteiger partial charge is 0.148 e. The third-order valence-electron chi connectivity index (χ3n) is 5.76. The summed E-state index contributed by atoms with van der Waals surface area (Å²) in [6.07, 6.45) is 5.15. The number of halogens is 6. The van der Waals surface area contributed by atoms with E-state index >= 15 is 0 Å². The molecule has 3 rings (SSSR count). The van der Waals surface area contributed by atoms with Gasteiger partial charge < -0.3 is 14.2 Å². The lowest BCUT2D eigenvalue weighted by molar-refractivity contribution is 0.358. The van der Waals surface area contributed by atoms with Crippen LogP contribution in [0.3, 0.4) is 0 Å². The molecular formula is C29H24Br6O3. The highest BCUT2D eigenvalue weighted by molar-refractivity contribution is 9.11. The first-order chi connectivity index (χ1) is 18.1. The molecule has 0 fully saturated rings. The van der Waals surface area contributed by atoms with Crippen molar-refractivity contribution in [1.29, 1.82) is 0 Å². The molecule has 0 unspecified atom stereocenters. The van der Waals surface area contributed by atoms with Crippen molar-refractivity contribution < 1.29 is 14.2 Å². The van der Waals surface area contributed by atoms with Gasteiger partial charge in [-0.15, -0.1) is 0 Å². The minimum atomic E-state index is -0.619. The molecule has 38 heavy (non-hydrogen) atoms. The minimum Gasteiger partial charge on any atom is -0.487 e. The van der Waals surface area contributed by atoms with Crippen molar-refractivity contribution >= 4 is 95.6 Å². The fourth-order valence-electron chi connectivity index (χ4n) is 3.89. The molecular weight excluding hydrogens is 876 g/mol. The lowest BCUT2D eigenvalue weighted by atomic mass is 9.71. The molecule has 0 spiro atoms. The van der Waals surface area contributed by atoms with E-state index < -0.39 is 5.41 Å². The van der Waals surface area contributed by atoms with Crippen molar-refractivity contribution in [2.75, 3.05) is 19.8 Å². The number of benzene rings is 3. The monoisotopic (exact) mass is 894 g/mol. The van der Waals surface area contributed by atoms with Crippen molar-refractivity contribution in [1.82, 2.24) is 0 Å². The summed E-state index contributed by atoms with van der Waals surface area (Å²) < 4.78 is 22.6. The summed E-state index contributed by atoms with van der Waals surface area (Å²) in [5.41, 5.74) is 2.46. The lowest BCUT2D eigenvalue weighted by Crippen LogP contribution is -2.26. The maximum absolute atomic E-state index is 5.89. The highest BCUT2D eigenvalue weighted by Crippen LogP contribution is 2.49. The molecule has 0 heterocycles. The average Bonchev–Trinajstić information content (AvgIpc) is 2.86. The standard InChI is InChI=1S/C29H24Br6O3/c1-5-8-36-26-20(30)11-17(12-21(26)31)29(4,18-13-22(32)27(23(33)14-18)37-9-6-2)19-15-24(34)28(25(35)16-19)38-10-7-3/h5-7,11-16H,1-3,8-10H2,4H3. The lowest BCUT2D eigenvalue weighted by Gasteiger charge is -2.34. The Morgan fingerprint density at radius 3 is 0.921 bits per heavy atom. The summed E-state index contributed by atoms with van der Waals surface area (Å²) in [4.78, 5) is 0. The van der Waals surface area contributed by atoms with Crippen LogP contribution in [0.15, 0.2) is 101 Å². The van der Waals surface area contributed by atoms with Crippen LogP contribution in [0.2, 0.25) is 0 Å². The first kappa shape index (κ1) is 31.7. The van der Waals surface area contributed by atoms with Gasteiger partial charge >= 0.3 is 0 Å². The molecule has 9 heteroatoms. The summed E-state index contributed by atoms with van der Waals surface area (Å²) in [5.74, 6) is 2.13. The Bertz CT molecular complexity index is 1140. The number of rotatable bonds is 12. The van der Waals surface area contributed by atoms with Crippen LogP contribution in [0, 0.1) is 0 Å². The number of hydrogen-bond donors (Lipinski definition) is 0. The van der Waals surface area contributed by atoms with Crippen LogP contribution >= 0.6 is 95.6 Å². The Balaban J connectivity index is 2.31. The molecule has 200 valence electrons. The quantitative estimate of drug-likeness (QED) is 0.134. The molecule has 0 N–H and O–H groups in total. The summed E-state index contributed by atoms with van der Waals surface area (Å²) >= 11 is 22.3. The molecule has 0 atom stereocenters. The third-order valence-corrected chi connectivity index (χ3v) is 9.30. The molecule has 0 saturated carbocycles. The van der Waals surface area contributed by atoms with Crippen molar-refractivity contribution in [3.8, 4) is 17.2 Å². The zero-order valence-electron chi connectivity index (χ0n) is 20.4. The molecule has 0 saturated heterocycles. The Kier molecular flexibility index (Phi) is 11.8. The summed E-state index contributed by atoms with van der Waals surface area (Å²) in [7, 11) is 0. The predicted octanol–water partition coefficient (Wildman–Crippen LogP) is 11.3. The van der Waals surface area contributed by atoms with Crippen LogP contribution in [-0.2, 0) is 5.41 Å². The fourth-order valence-corrected chi connectivity index (χ4v) is 8.13. The van der Waals surface area contributed by atoms with E-state index in [-0.39, 0.29) is 0 Å². The molecule has 3 nitrogen and oxygen atoms in total. The van der Waals surface area contributed by atoms with Gasteiger partial charge in [0, 0.05) is 5.41 Å². The highest BCUT2D eigenvalue weighted by Gasteiger charge is 2.35. The van der Waals surface area contributed by atoms with Gasteiger partial charge in [0.1, 0.15) is 37.1 Å². The van der Waals surface area contributed by atoms with Gasteiger partial charge in [0.2, 0.25) is 0 Å². The number of ether oxygens (including phenoxy) is 3. The van der Waals surface area contributed by atoms with Crippen LogP contribution in [0.4, 0.5) is 0 Å². The van der Waals surface area contributed by atoms with Crippen molar-refractivity contribution in [2.24, 2.45) is 0 Å². The summed E-state index contributed by atoms with van der Waals surface area (Å²) in [6.45, 7) is 14.6. The third kappa shape index (κ3) is 6.89. The van der Waals surface area contributed by atoms with Crippen LogP contribution in [0.5, 0.6) is 17.2 Å². The van der Waals surface area contributed by atoms with E-state index in [2.05, 4.69) is 159 Å². The summed E-state index contributed by atoms with van der Waals surface area (Å²) in [6, 6.07) is 12.5. The van der Waals surface area contributed by atoms with E-state index in [0.717, 1.165) is 43.5 Å². The molecule has 3 aromatic carbocycles. The second kappa shape index (κ2) is 14.2. The first-order valence-corrected chi connectivity index (χ1v) is 16.0. The molecule has 3 aromatic rings. The van der Waals surface area contributed by atoms with Crippen molar-refractivity contribution in [3.63, 3.8) is 0 Å². The zero-order chi connectivity index (χ0) is 28.0. The highest BCUT2D eigenvalue weighted by atomic mass is 79.9. The van der Waals surface area contributed by atoms with Crippen molar-refractivity contribution in [3.05, 3.63) is 118 Å². The molecule has 0 aliphatic carbocycles. The first-order valence-electron chi connectivity index (χ1n) is 11.3.